The minimum absolute atomic E-state index is 0.0707. The number of allylic oxidation sites excluding steroid dienone is 4. The quantitative estimate of drug-likeness (QED) is 0.160. The van der Waals surface area contributed by atoms with Gasteiger partial charge >= 0.3 is 5.97 Å². The number of hydrogen-bond donors (Lipinski definition) is 0. The molecular weight excluding hydrogens is 296 g/mol. The molecule has 0 saturated carbocycles. The summed E-state index contributed by atoms with van der Waals surface area (Å²) in [7, 11) is 0. The van der Waals surface area contributed by atoms with Crippen molar-refractivity contribution in [1.29, 1.82) is 0 Å². The highest BCUT2D eigenvalue weighted by Gasteiger charge is 1.98. The summed E-state index contributed by atoms with van der Waals surface area (Å²) in [4.78, 5) is 11.2. The summed E-state index contributed by atoms with van der Waals surface area (Å²) in [6.45, 7) is 4.61. The SMILES string of the molecule is CCCCCCCC/C=C\CCCC/C=C\CCCC(=O)OCC. The fourth-order valence-electron chi connectivity index (χ4n) is 2.64. The van der Waals surface area contributed by atoms with Gasteiger partial charge in [0, 0.05) is 6.42 Å². The maximum absolute atomic E-state index is 11.2. The second-order valence-electron chi connectivity index (χ2n) is 6.48. The van der Waals surface area contributed by atoms with Crippen LogP contribution in [0.2, 0.25) is 0 Å². The Balaban J connectivity index is 3.22. The number of unbranched alkanes of at least 4 members (excludes halogenated alkanes) is 10. The zero-order valence-corrected chi connectivity index (χ0v) is 16.2. The Bertz CT molecular complexity index is 318. The van der Waals surface area contributed by atoms with Crippen LogP contribution in [0.25, 0.3) is 0 Å². The minimum Gasteiger partial charge on any atom is -0.466 e. The van der Waals surface area contributed by atoms with Crippen molar-refractivity contribution in [2.75, 3.05) is 6.61 Å². The third kappa shape index (κ3) is 19.0. The predicted molar refractivity (Wildman–Crippen MR) is 105 cm³/mol. The van der Waals surface area contributed by atoms with Crippen molar-refractivity contribution in [3.05, 3.63) is 24.3 Å². The molecule has 0 rings (SSSR count). The van der Waals surface area contributed by atoms with Gasteiger partial charge in [0.1, 0.15) is 0 Å². The van der Waals surface area contributed by atoms with Crippen LogP contribution in [0.3, 0.4) is 0 Å². The lowest BCUT2D eigenvalue weighted by Gasteiger charge is -1.99. The van der Waals surface area contributed by atoms with Crippen molar-refractivity contribution in [1.82, 2.24) is 0 Å². The van der Waals surface area contributed by atoms with Gasteiger partial charge in [-0.2, -0.15) is 0 Å². The molecule has 0 aliphatic rings. The van der Waals surface area contributed by atoms with Crippen molar-refractivity contribution < 1.29 is 9.53 Å². The number of rotatable bonds is 17. The molecule has 0 aliphatic carbocycles. The van der Waals surface area contributed by atoms with Crippen molar-refractivity contribution in [2.45, 2.75) is 104 Å². The van der Waals surface area contributed by atoms with Crippen LogP contribution in [0.5, 0.6) is 0 Å². The lowest BCUT2D eigenvalue weighted by atomic mass is 10.1. The van der Waals surface area contributed by atoms with Crippen molar-refractivity contribution >= 4 is 5.97 Å². The van der Waals surface area contributed by atoms with Crippen LogP contribution in [0.4, 0.5) is 0 Å². The summed E-state index contributed by atoms with van der Waals surface area (Å²) < 4.78 is 4.90. The molecule has 0 heterocycles. The molecule has 0 radical (unpaired) electrons. The minimum atomic E-state index is -0.0707. The third-order valence-corrected chi connectivity index (χ3v) is 4.11. The molecule has 24 heavy (non-hydrogen) atoms. The van der Waals surface area contributed by atoms with Crippen LogP contribution in [-0.2, 0) is 9.53 Å². The standard InChI is InChI=1S/C22H40O2/c1-3-5-6-7-8-9-10-11-12-13-14-15-16-17-18-19-20-21-22(23)24-4-2/h11-12,17-18H,3-10,13-16,19-21H2,1-2H3/b12-11-,18-17-. The van der Waals surface area contributed by atoms with Crippen LogP contribution in [-0.4, -0.2) is 12.6 Å². The first-order valence-corrected chi connectivity index (χ1v) is 10.3. The van der Waals surface area contributed by atoms with Gasteiger partial charge < -0.3 is 4.74 Å². The van der Waals surface area contributed by atoms with Gasteiger partial charge in [-0.3, -0.25) is 4.79 Å². The second-order valence-corrected chi connectivity index (χ2v) is 6.48. The summed E-state index contributed by atoms with van der Waals surface area (Å²) in [5, 5.41) is 0. The van der Waals surface area contributed by atoms with Crippen LogP contribution in [0, 0.1) is 0 Å². The molecule has 0 bridgehead atoms. The molecule has 0 amide bonds. The smallest absolute Gasteiger partial charge is 0.305 e. The summed E-state index contributed by atoms with van der Waals surface area (Å²) in [5.41, 5.74) is 0. The monoisotopic (exact) mass is 336 g/mol. The Morgan fingerprint density at radius 3 is 1.67 bits per heavy atom. The van der Waals surface area contributed by atoms with Crippen molar-refractivity contribution in [2.24, 2.45) is 0 Å². The fraction of sp³-hybridized carbons (Fsp3) is 0.773. The third-order valence-electron chi connectivity index (χ3n) is 4.11. The number of esters is 1. The van der Waals surface area contributed by atoms with Gasteiger partial charge in [0.15, 0.2) is 0 Å². The maximum atomic E-state index is 11.2. The van der Waals surface area contributed by atoms with E-state index < -0.39 is 0 Å². The number of ether oxygens (including phenoxy) is 1. The summed E-state index contributed by atoms with van der Waals surface area (Å²) in [6, 6.07) is 0. The lowest BCUT2D eigenvalue weighted by molar-refractivity contribution is -0.143. The molecule has 0 aromatic heterocycles. The zero-order valence-electron chi connectivity index (χ0n) is 16.2. The predicted octanol–water partition coefficient (Wildman–Crippen LogP) is 7.14. The van der Waals surface area contributed by atoms with E-state index in [9.17, 15) is 4.79 Å². The van der Waals surface area contributed by atoms with E-state index in [-0.39, 0.29) is 5.97 Å². The first kappa shape index (κ1) is 22.9. The molecule has 0 saturated heterocycles. The molecule has 0 aliphatic heterocycles. The average Bonchev–Trinajstić information content (AvgIpc) is 2.58. The van der Waals surface area contributed by atoms with Gasteiger partial charge in [0.2, 0.25) is 0 Å². The van der Waals surface area contributed by atoms with E-state index in [4.69, 9.17) is 4.74 Å². The molecule has 2 heteroatoms. The van der Waals surface area contributed by atoms with Crippen LogP contribution in [0.1, 0.15) is 104 Å². The van der Waals surface area contributed by atoms with E-state index in [1.54, 1.807) is 0 Å². The largest absolute Gasteiger partial charge is 0.466 e. The molecule has 0 N–H and O–H groups in total. The Hall–Kier alpha value is -1.05. The number of carbonyl (C=O) groups is 1. The van der Waals surface area contributed by atoms with Crippen LogP contribution >= 0.6 is 0 Å². The average molecular weight is 337 g/mol. The first-order chi connectivity index (χ1) is 11.8. The highest BCUT2D eigenvalue weighted by Crippen LogP contribution is 2.08. The van der Waals surface area contributed by atoms with Crippen molar-refractivity contribution in [3.63, 3.8) is 0 Å². The first-order valence-electron chi connectivity index (χ1n) is 10.3. The molecule has 0 unspecified atom stereocenters. The fourth-order valence-corrected chi connectivity index (χ4v) is 2.64. The van der Waals surface area contributed by atoms with E-state index in [2.05, 4.69) is 31.2 Å². The molecule has 0 fully saturated rings. The van der Waals surface area contributed by atoms with Gasteiger partial charge in [-0.1, -0.05) is 63.3 Å². The molecule has 0 spiro atoms. The second kappa shape index (κ2) is 20.0. The van der Waals surface area contributed by atoms with E-state index in [0.717, 1.165) is 19.3 Å². The normalized spacial score (nSPS) is 11.6. The van der Waals surface area contributed by atoms with Gasteiger partial charge in [-0.05, 0) is 58.3 Å². The van der Waals surface area contributed by atoms with Gasteiger partial charge in [-0.15, -0.1) is 0 Å². The Morgan fingerprint density at radius 1 is 0.667 bits per heavy atom. The topological polar surface area (TPSA) is 26.3 Å². The van der Waals surface area contributed by atoms with Crippen LogP contribution < -0.4 is 0 Å². The number of hydrogen-bond acceptors (Lipinski definition) is 2. The van der Waals surface area contributed by atoms with Gasteiger partial charge in [0.25, 0.3) is 0 Å². The van der Waals surface area contributed by atoms with Crippen molar-refractivity contribution in [3.8, 4) is 0 Å². The van der Waals surface area contributed by atoms with E-state index in [0.29, 0.717) is 13.0 Å². The zero-order chi connectivity index (χ0) is 17.7. The maximum Gasteiger partial charge on any atom is 0.305 e. The molecule has 140 valence electrons. The van der Waals surface area contributed by atoms with Gasteiger partial charge in [0.05, 0.1) is 6.61 Å². The Labute approximate surface area is 150 Å². The molecule has 0 aromatic carbocycles. The van der Waals surface area contributed by atoms with E-state index >= 15 is 0 Å². The highest BCUT2D eigenvalue weighted by atomic mass is 16.5. The summed E-state index contributed by atoms with van der Waals surface area (Å²) in [6.07, 6.45) is 26.1. The molecule has 2 nitrogen and oxygen atoms in total. The van der Waals surface area contributed by atoms with Gasteiger partial charge in [-0.25, -0.2) is 0 Å². The number of carbonyl (C=O) groups excluding carboxylic acids is 1. The molecule has 0 aromatic rings. The highest BCUT2D eigenvalue weighted by molar-refractivity contribution is 5.69. The Morgan fingerprint density at radius 2 is 1.12 bits per heavy atom. The van der Waals surface area contributed by atoms with E-state index in [1.807, 2.05) is 6.92 Å². The molecular formula is C22H40O2. The molecule has 0 atom stereocenters. The summed E-state index contributed by atoms with van der Waals surface area (Å²) >= 11 is 0. The van der Waals surface area contributed by atoms with Crippen LogP contribution in [0.15, 0.2) is 24.3 Å². The Kier molecular flexibility index (Phi) is 19.1. The summed E-state index contributed by atoms with van der Waals surface area (Å²) in [5.74, 6) is -0.0707. The lowest BCUT2D eigenvalue weighted by Crippen LogP contribution is -2.02. The van der Waals surface area contributed by atoms with E-state index in [1.165, 1.54) is 64.2 Å².